The first-order valence-corrected chi connectivity index (χ1v) is 10.9. The van der Waals surface area contributed by atoms with Gasteiger partial charge in [-0.05, 0) is 27.2 Å². The lowest BCUT2D eigenvalue weighted by Crippen LogP contribution is -2.96. The molecule has 0 radical (unpaired) electrons. The van der Waals surface area contributed by atoms with Crippen LogP contribution in [0, 0.1) is 20.5 Å². The molecule has 0 bridgehead atoms. The van der Waals surface area contributed by atoms with Crippen molar-refractivity contribution in [1.82, 2.24) is 5.32 Å². The number of nitrogens with zero attached hydrogens (tertiary/aromatic N) is 1. The molecule has 12 heteroatoms. The molecule has 1 aromatic carbocycles. The predicted octanol–water partition coefficient (Wildman–Crippen LogP) is 1.28. The minimum atomic E-state index is -2.82. The zero-order valence-electron chi connectivity index (χ0n) is 16.2. The number of rotatable bonds is 13. The minimum absolute atomic E-state index is 0.128. The van der Waals surface area contributed by atoms with E-state index in [0.29, 0.717) is 32.3 Å². The fourth-order valence-electron chi connectivity index (χ4n) is 2.58. The summed E-state index contributed by atoms with van der Waals surface area (Å²) in [6, 6.07) is 3.39. The van der Waals surface area contributed by atoms with Crippen LogP contribution >= 0.6 is 0 Å². The average Bonchev–Trinajstić information content (AvgIpc) is 2.65. The van der Waals surface area contributed by atoms with Gasteiger partial charge in [-0.25, -0.2) is 0 Å². The molecule has 0 unspecified atom stereocenters. The Morgan fingerprint density at radius 1 is 1.11 bits per heavy atom. The Bertz CT molecular complexity index is 642. The fraction of sp³-hybridized carbons (Fsp3) is 0.562. The average molecular weight is 416 g/mol. The summed E-state index contributed by atoms with van der Waals surface area (Å²) in [6.07, 6.45) is 0.500. The standard InChI is InChI=1S/C16H26N3O8Si/c1-4-25-28(26-5-2,27-6-3)9-7-8-17-16(20)13-10-14(18(21)22)12-15(11-13)19(23)24/h10-12,18H,4-9H2,1-3H3,(H,17,20)/q-1. The van der Waals surface area contributed by atoms with Gasteiger partial charge in [-0.1, -0.05) is 0 Å². The normalized spacial score (nSPS) is 11.6. The number of amides is 1. The number of benzene rings is 1. The number of non-ortho nitro benzene ring substituents is 1. The largest absolute Gasteiger partial charge is 0.628 e. The molecule has 0 aliphatic rings. The van der Waals surface area contributed by atoms with Gasteiger partial charge < -0.3 is 34.2 Å². The maximum atomic E-state index is 12.3. The van der Waals surface area contributed by atoms with E-state index in [9.17, 15) is 25.3 Å². The monoisotopic (exact) mass is 416 g/mol. The van der Waals surface area contributed by atoms with Crippen LogP contribution in [-0.2, 0) is 13.3 Å². The SMILES string of the molecule is CCO[Si](CCCNC(=O)c1cc([N+](=O)[O-])cc([NH+]([O-])[O-])c1)(OCC)OCC. The van der Waals surface area contributed by atoms with E-state index in [2.05, 4.69) is 5.32 Å². The second-order valence-corrected chi connectivity index (χ2v) is 8.39. The van der Waals surface area contributed by atoms with E-state index in [4.69, 9.17) is 13.3 Å². The van der Waals surface area contributed by atoms with Gasteiger partial charge in [0.25, 0.3) is 11.6 Å². The molecule has 1 amide bonds. The number of carbonyl (C=O) groups is 1. The fourth-order valence-corrected chi connectivity index (χ4v) is 5.19. The molecule has 11 nitrogen and oxygen atoms in total. The summed E-state index contributed by atoms with van der Waals surface area (Å²) >= 11 is 0. The Morgan fingerprint density at radius 2 is 1.68 bits per heavy atom. The van der Waals surface area contributed by atoms with Crippen LogP contribution in [0.15, 0.2) is 18.2 Å². The molecule has 2 N–H and O–H groups in total. The first kappa shape index (κ1) is 24.1. The van der Waals surface area contributed by atoms with Gasteiger partial charge in [0.15, 0.2) is 0 Å². The van der Waals surface area contributed by atoms with Gasteiger partial charge in [-0.2, -0.15) is 0 Å². The lowest BCUT2D eigenvalue weighted by atomic mass is 10.1. The minimum Gasteiger partial charge on any atom is -0.628 e. The molecule has 0 spiro atoms. The Labute approximate surface area is 164 Å². The Kier molecular flexibility index (Phi) is 10.2. The third-order valence-corrected chi connectivity index (χ3v) is 6.82. The van der Waals surface area contributed by atoms with Crippen molar-refractivity contribution in [1.29, 1.82) is 0 Å². The van der Waals surface area contributed by atoms with E-state index in [1.807, 2.05) is 20.8 Å². The molecule has 0 saturated carbocycles. The molecule has 0 aliphatic carbocycles. The summed E-state index contributed by atoms with van der Waals surface area (Å²) in [6.45, 7) is 7.11. The van der Waals surface area contributed by atoms with E-state index < -0.39 is 36.2 Å². The van der Waals surface area contributed by atoms with Gasteiger partial charge in [-0.3, -0.25) is 14.9 Å². The molecule has 28 heavy (non-hydrogen) atoms. The van der Waals surface area contributed by atoms with Crippen LogP contribution in [0.1, 0.15) is 37.6 Å². The Balaban J connectivity index is 2.74. The van der Waals surface area contributed by atoms with Gasteiger partial charge in [0.2, 0.25) is 0 Å². The van der Waals surface area contributed by atoms with E-state index >= 15 is 0 Å². The maximum absolute atomic E-state index is 12.3. The summed E-state index contributed by atoms with van der Waals surface area (Å²) in [5.74, 6) is -0.623. The molecule has 0 fully saturated rings. The lowest BCUT2D eigenvalue weighted by Gasteiger charge is -2.28. The van der Waals surface area contributed by atoms with Crippen molar-refractivity contribution in [2.75, 3.05) is 26.4 Å². The quantitative estimate of drug-likeness (QED) is 0.211. The number of hydrogen-bond acceptors (Lipinski definition) is 8. The Hall–Kier alpha value is -1.93. The lowest BCUT2D eigenvalue weighted by molar-refractivity contribution is -0.715. The third-order valence-electron chi connectivity index (χ3n) is 3.66. The summed E-state index contributed by atoms with van der Waals surface area (Å²) in [7, 11) is -2.82. The molecular weight excluding hydrogens is 390 g/mol. The molecule has 1 aromatic rings. The van der Waals surface area contributed by atoms with E-state index in [1.165, 1.54) is 0 Å². The van der Waals surface area contributed by atoms with Crippen molar-refractivity contribution in [3.05, 3.63) is 44.3 Å². The molecule has 1 rings (SSSR count). The van der Waals surface area contributed by atoms with E-state index in [1.54, 1.807) is 0 Å². The smallest absolute Gasteiger partial charge is 0.500 e. The topological polar surface area (TPSA) is 150 Å². The first-order valence-electron chi connectivity index (χ1n) is 8.99. The van der Waals surface area contributed by atoms with Crippen molar-refractivity contribution >= 4 is 26.1 Å². The number of carbonyl (C=O) groups excluding carboxylic acids is 1. The van der Waals surface area contributed by atoms with Crippen molar-refractivity contribution in [2.24, 2.45) is 0 Å². The highest BCUT2D eigenvalue weighted by Crippen LogP contribution is 2.20. The van der Waals surface area contributed by atoms with Crippen LogP contribution < -0.4 is 10.5 Å². The first-order chi connectivity index (χ1) is 13.3. The van der Waals surface area contributed by atoms with Gasteiger partial charge in [0, 0.05) is 44.5 Å². The van der Waals surface area contributed by atoms with Crippen molar-refractivity contribution in [3.63, 3.8) is 0 Å². The highest BCUT2D eigenvalue weighted by molar-refractivity contribution is 6.60. The molecular formula is C16H26N3O8Si-. The zero-order chi connectivity index (χ0) is 21.2. The summed E-state index contributed by atoms with van der Waals surface area (Å²) < 4.78 is 17.2. The molecule has 0 aliphatic heterocycles. The number of nitro groups is 1. The number of hydrogen-bond donors (Lipinski definition) is 2. The highest BCUT2D eigenvalue weighted by Gasteiger charge is 2.39. The highest BCUT2D eigenvalue weighted by atomic mass is 28.4. The number of nitro benzene ring substituents is 1. The third kappa shape index (κ3) is 7.24. The van der Waals surface area contributed by atoms with Crippen LogP contribution in [0.2, 0.25) is 6.04 Å². The molecule has 158 valence electrons. The van der Waals surface area contributed by atoms with Crippen LogP contribution in [0.4, 0.5) is 11.4 Å². The predicted molar refractivity (Wildman–Crippen MR) is 103 cm³/mol. The van der Waals surface area contributed by atoms with Gasteiger partial charge in [-0.15, -0.1) is 0 Å². The molecule has 0 atom stereocenters. The number of nitrogens with one attached hydrogen (secondary N) is 2. The maximum Gasteiger partial charge on any atom is 0.500 e. The second-order valence-electron chi connectivity index (χ2n) is 5.65. The molecule has 0 heterocycles. The van der Waals surface area contributed by atoms with Crippen LogP contribution in [0.25, 0.3) is 0 Å². The second kappa shape index (κ2) is 11.8. The van der Waals surface area contributed by atoms with Gasteiger partial charge in [0.05, 0.1) is 16.6 Å². The van der Waals surface area contributed by atoms with Crippen LogP contribution in [0.5, 0.6) is 0 Å². The van der Waals surface area contributed by atoms with Gasteiger partial charge in [0.1, 0.15) is 5.69 Å². The Morgan fingerprint density at radius 3 is 2.14 bits per heavy atom. The van der Waals surface area contributed by atoms with E-state index in [-0.39, 0.29) is 12.1 Å². The number of quaternary nitrogens is 1. The van der Waals surface area contributed by atoms with Crippen molar-refractivity contribution in [2.45, 2.75) is 33.2 Å². The molecule has 0 saturated heterocycles. The van der Waals surface area contributed by atoms with Crippen LogP contribution in [0.3, 0.4) is 0 Å². The summed E-state index contributed by atoms with van der Waals surface area (Å²) in [5, 5.41) is 33.9. The van der Waals surface area contributed by atoms with Crippen molar-refractivity contribution in [3.8, 4) is 0 Å². The zero-order valence-corrected chi connectivity index (χ0v) is 17.2. The van der Waals surface area contributed by atoms with Crippen LogP contribution in [-0.4, -0.2) is 46.0 Å². The van der Waals surface area contributed by atoms with E-state index in [0.717, 1.165) is 18.2 Å². The molecule has 0 aromatic heterocycles. The summed E-state index contributed by atoms with van der Waals surface area (Å²) in [4.78, 5) is 22.4. The van der Waals surface area contributed by atoms with Gasteiger partial charge >= 0.3 is 8.80 Å². The van der Waals surface area contributed by atoms with Crippen molar-refractivity contribution < 1.29 is 28.2 Å². The summed E-state index contributed by atoms with van der Waals surface area (Å²) in [5.41, 5.74) is -1.06.